The van der Waals surface area contributed by atoms with Crippen LogP contribution in [0.1, 0.15) is 29.8 Å². The van der Waals surface area contributed by atoms with Gasteiger partial charge in [0.05, 0.1) is 10.6 Å². The number of aryl methyl sites for hydroxylation is 1. The Hall–Kier alpha value is -1.54. The second-order valence-corrected chi connectivity index (χ2v) is 8.34. The molecule has 0 bridgehead atoms. The van der Waals surface area contributed by atoms with Crippen molar-refractivity contribution in [3.8, 4) is 0 Å². The molecule has 1 amide bonds. The normalized spacial score (nSPS) is 19.6. The number of benzene rings is 1. The van der Waals surface area contributed by atoms with E-state index in [-0.39, 0.29) is 27.4 Å². The summed E-state index contributed by atoms with van der Waals surface area (Å²) >= 11 is 1.50. The first-order valence-corrected chi connectivity index (χ1v) is 8.98. The summed E-state index contributed by atoms with van der Waals surface area (Å²) in [6.07, 6.45) is 0.587. The van der Waals surface area contributed by atoms with Crippen molar-refractivity contribution in [1.29, 1.82) is 0 Å². The lowest BCUT2D eigenvalue weighted by Gasteiger charge is -2.22. The molecule has 1 heterocycles. The van der Waals surface area contributed by atoms with Crippen molar-refractivity contribution < 1.29 is 13.2 Å². The maximum atomic E-state index is 12.3. The molecule has 4 N–H and O–H groups in total. The van der Waals surface area contributed by atoms with Crippen molar-refractivity contribution in [2.45, 2.75) is 35.3 Å². The Labute approximate surface area is 127 Å². The first kappa shape index (κ1) is 15.8. The summed E-state index contributed by atoms with van der Waals surface area (Å²) in [4.78, 5) is 16.4. The highest BCUT2D eigenvalue weighted by molar-refractivity contribution is 8.03. The number of hydrogen-bond donors (Lipinski definition) is 2. The molecule has 0 aliphatic carbocycles. The van der Waals surface area contributed by atoms with Crippen molar-refractivity contribution in [3.63, 3.8) is 0 Å². The Morgan fingerprint density at radius 3 is 2.67 bits per heavy atom. The van der Waals surface area contributed by atoms with Gasteiger partial charge in [0.15, 0.2) is 15.8 Å². The monoisotopic (exact) mass is 327 g/mol. The Kier molecular flexibility index (Phi) is 4.29. The zero-order valence-corrected chi connectivity index (χ0v) is 13.4. The summed E-state index contributed by atoms with van der Waals surface area (Å²) in [5.74, 6) is -0.898. The number of sulfone groups is 1. The van der Waals surface area contributed by atoms with Gasteiger partial charge in [-0.1, -0.05) is 13.8 Å². The SMILES string of the molecule is CCc1cc2c(cc1C(=O)N=C(N)N)S(=O)(=O)CC(C)S2. The molecule has 0 saturated heterocycles. The number of rotatable bonds is 2. The van der Waals surface area contributed by atoms with E-state index in [1.54, 1.807) is 6.07 Å². The van der Waals surface area contributed by atoms with Crippen LogP contribution in [0.5, 0.6) is 0 Å². The Bertz CT molecular complexity index is 722. The number of guanidine groups is 1. The van der Waals surface area contributed by atoms with E-state index in [4.69, 9.17) is 11.5 Å². The van der Waals surface area contributed by atoms with Gasteiger partial charge in [0.2, 0.25) is 0 Å². The average Bonchev–Trinajstić information content (AvgIpc) is 2.35. The van der Waals surface area contributed by atoms with Gasteiger partial charge in [-0.15, -0.1) is 11.8 Å². The maximum absolute atomic E-state index is 12.3. The zero-order valence-electron chi connectivity index (χ0n) is 11.8. The van der Waals surface area contributed by atoms with Crippen LogP contribution in [-0.2, 0) is 16.3 Å². The van der Waals surface area contributed by atoms with E-state index in [0.29, 0.717) is 11.3 Å². The minimum absolute atomic E-state index is 0.00790. The van der Waals surface area contributed by atoms with E-state index >= 15 is 0 Å². The third kappa shape index (κ3) is 3.21. The van der Waals surface area contributed by atoms with Crippen LogP contribution in [0, 0.1) is 0 Å². The molecule has 6 nitrogen and oxygen atoms in total. The molecule has 1 aromatic rings. The topological polar surface area (TPSA) is 116 Å². The molecule has 21 heavy (non-hydrogen) atoms. The summed E-state index contributed by atoms with van der Waals surface area (Å²) in [7, 11) is -3.38. The van der Waals surface area contributed by atoms with Crippen LogP contribution in [0.4, 0.5) is 0 Å². The lowest BCUT2D eigenvalue weighted by Crippen LogP contribution is -2.25. The van der Waals surface area contributed by atoms with E-state index in [2.05, 4.69) is 4.99 Å². The molecule has 1 atom stereocenters. The molecule has 1 aliphatic heterocycles. The molecule has 1 aromatic carbocycles. The second-order valence-electron chi connectivity index (χ2n) is 4.86. The van der Waals surface area contributed by atoms with Crippen LogP contribution >= 0.6 is 11.8 Å². The van der Waals surface area contributed by atoms with E-state index < -0.39 is 15.7 Å². The van der Waals surface area contributed by atoms with E-state index in [1.165, 1.54) is 17.8 Å². The van der Waals surface area contributed by atoms with Crippen LogP contribution in [0.3, 0.4) is 0 Å². The summed E-state index contributed by atoms with van der Waals surface area (Å²) in [6, 6.07) is 3.15. The quantitative estimate of drug-likeness (QED) is 0.616. The molecular weight excluding hydrogens is 310 g/mol. The maximum Gasteiger partial charge on any atom is 0.280 e. The van der Waals surface area contributed by atoms with E-state index in [9.17, 15) is 13.2 Å². The van der Waals surface area contributed by atoms with Gasteiger partial charge in [-0.05, 0) is 24.1 Å². The summed E-state index contributed by atoms with van der Waals surface area (Å²) < 4.78 is 24.5. The fourth-order valence-electron chi connectivity index (χ4n) is 2.26. The van der Waals surface area contributed by atoms with Gasteiger partial charge < -0.3 is 11.5 Å². The van der Waals surface area contributed by atoms with Gasteiger partial charge in [-0.3, -0.25) is 4.79 Å². The largest absolute Gasteiger partial charge is 0.370 e. The Morgan fingerprint density at radius 2 is 2.10 bits per heavy atom. The molecule has 1 unspecified atom stereocenters. The first-order chi connectivity index (χ1) is 9.74. The first-order valence-electron chi connectivity index (χ1n) is 6.45. The van der Waals surface area contributed by atoms with Gasteiger partial charge in [-0.25, -0.2) is 8.42 Å². The van der Waals surface area contributed by atoms with Crippen molar-refractivity contribution in [2.24, 2.45) is 16.5 Å². The standard InChI is InChI=1S/C13H17N3O3S2/c1-3-8-4-10-11(21(18,19)6-7(2)20-10)5-9(8)12(17)16-13(14)15/h4-5,7H,3,6H2,1-2H3,(H4,14,15,16,17). The molecule has 0 aromatic heterocycles. The van der Waals surface area contributed by atoms with Crippen molar-refractivity contribution in [1.82, 2.24) is 0 Å². The lowest BCUT2D eigenvalue weighted by molar-refractivity contribution is 0.100. The fourth-order valence-corrected chi connectivity index (χ4v) is 5.87. The van der Waals surface area contributed by atoms with Crippen LogP contribution in [0.25, 0.3) is 0 Å². The highest BCUT2D eigenvalue weighted by atomic mass is 32.2. The number of amides is 1. The number of hydrogen-bond acceptors (Lipinski definition) is 4. The fraction of sp³-hybridized carbons (Fsp3) is 0.385. The third-order valence-corrected chi connectivity index (χ3v) is 6.58. The number of carbonyl (C=O) groups is 1. The van der Waals surface area contributed by atoms with E-state index in [1.807, 2.05) is 13.8 Å². The number of carbonyl (C=O) groups excluding carboxylic acids is 1. The molecule has 0 saturated carbocycles. The summed E-state index contributed by atoms with van der Waals surface area (Å²) in [5.41, 5.74) is 11.4. The number of nitrogens with zero attached hydrogens (tertiary/aromatic N) is 1. The van der Waals surface area contributed by atoms with Crippen LogP contribution in [0.2, 0.25) is 0 Å². The predicted molar refractivity (Wildman–Crippen MR) is 83.3 cm³/mol. The third-order valence-electron chi connectivity index (χ3n) is 3.13. The minimum Gasteiger partial charge on any atom is -0.370 e. The highest BCUT2D eigenvalue weighted by Gasteiger charge is 2.30. The molecule has 8 heteroatoms. The van der Waals surface area contributed by atoms with Crippen molar-refractivity contribution in [3.05, 3.63) is 23.3 Å². The van der Waals surface area contributed by atoms with Crippen LogP contribution in [0.15, 0.2) is 26.9 Å². The van der Waals surface area contributed by atoms with Gasteiger partial charge in [0.25, 0.3) is 5.91 Å². The molecule has 1 aliphatic rings. The van der Waals surface area contributed by atoms with Gasteiger partial charge in [0.1, 0.15) is 0 Å². The number of aliphatic imine (C=N–C) groups is 1. The van der Waals surface area contributed by atoms with Crippen molar-refractivity contribution in [2.75, 3.05) is 5.75 Å². The van der Waals surface area contributed by atoms with E-state index in [0.717, 1.165) is 5.56 Å². The lowest BCUT2D eigenvalue weighted by atomic mass is 10.0. The second kappa shape index (κ2) is 5.69. The molecule has 0 radical (unpaired) electrons. The molecule has 0 fully saturated rings. The summed E-state index contributed by atoms with van der Waals surface area (Å²) in [5, 5.41) is -0.00790. The molecular formula is C13H17N3O3S2. The predicted octanol–water partition coefficient (Wildman–Crippen LogP) is 0.931. The minimum atomic E-state index is -3.38. The zero-order chi connectivity index (χ0) is 15.8. The van der Waals surface area contributed by atoms with Crippen molar-refractivity contribution >= 4 is 33.5 Å². The Balaban J connectivity index is 2.65. The van der Waals surface area contributed by atoms with Gasteiger partial charge in [0, 0.05) is 15.7 Å². The average molecular weight is 327 g/mol. The van der Waals surface area contributed by atoms with Gasteiger partial charge in [-0.2, -0.15) is 4.99 Å². The Morgan fingerprint density at radius 1 is 1.43 bits per heavy atom. The number of fused-ring (bicyclic) bond motifs is 1. The van der Waals surface area contributed by atoms with Gasteiger partial charge >= 0.3 is 0 Å². The molecule has 2 rings (SSSR count). The number of nitrogens with two attached hydrogens (primary N) is 2. The van der Waals surface area contributed by atoms with Crippen LogP contribution < -0.4 is 11.5 Å². The van der Waals surface area contributed by atoms with Crippen LogP contribution in [-0.4, -0.2) is 31.3 Å². The highest BCUT2D eigenvalue weighted by Crippen LogP contribution is 2.38. The molecule has 114 valence electrons. The number of thioether (sulfide) groups is 1. The summed E-state index contributed by atoms with van der Waals surface area (Å²) in [6.45, 7) is 3.76. The molecule has 0 spiro atoms. The smallest absolute Gasteiger partial charge is 0.280 e.